The number of hydrogen-bond acceptors (Lipinski definition) is 3. The van der Waals surface area contributed by atoms with Crippen LogP contribution in [0.5, 0.6) is 0 Å². The van der Waals surface area contributed by atoms with Gasteiger partial charge in [-0.1, -0.05) is 24.3 Å². The molecule has 0 bridgehead atoms. The van der Waals surface area contributed by atoms with Crippen LogP contribution in [0.15, 0.2) is 36.7 Å². The minimum Gasteiger partial charge on any atom is -0.392 e. The highest BCUT2D eigenvalue weighted by Gasteiger charge is 2.07. The number of carbonyl (C=O) groups is 1. The van der Waals surface area contributed by atoms with E-state index in [-0.39, 0.29) is 12.5 Å². The highest BCUT2D eigenvalue weighted by Crippen LogP contribution is 2.05. The first-order valence-electron chi connectivity index (χ1n) is 6.72. The highest BCUT2D eigenvalue weighted by molar-refractivity contribution is 5.93. The topological polar surface area (TPSA) is 67.2 Å². The Morgan fingerprint density at radius 3 is 2.60 bits per heavy atom. The average molecular weight is 273 g/mol. The molecule has 2 rings (SSSR count). The minimum absolute atomic E-state index is 0.0540. The van der Waals surface area contributed by atoms with Crippen LogP contribution in [0.25, 0.3) is 0 Å². The second kappa shape index (κ2) is 6.86. The maximum absolute atomic E-state index is 11.9. The van der Waals surface area contributed by atoms with Gasteiger partial charge in [0, 0.05) is 19.3 Å². The SMILES string of the molecule is CCn1cc(C(=O)NCCc2ccc(CO)cc2)cn1. The number of amides is 1. The van der Waals surface area contributed by atoms with Crippen molar-refractivity contribution >= 4 is 5.91 Å². The van der Waals surface area contributed by atoms with Crippen molar-refractivity contribution in [2.45, 2.75) is 26.5 Å². The summed E-state index contributed by atoms with van der Waals surface area (Å²) in [5, 5.41) is 15.9. The molecule has 1 aromatic heterocycles. The van der Waals surface area contributed by atoms with Gasteiger partial charge in [-0.05, 0) is 24.5 Å². The quantitative estimate of drug-likeness (QED) is 0.835. The monoisotopic (exact) mass is 273 g/mol. The molecule has 0 atom stereocenters. The average Bonchev–Trinajstić information content (AvgIpc) is 2.97. The van der Waals surface area contributed by atoms with Gasteiger partial charge in [0.15, 0.2) is 0 Å². The summed E-state index contributed by atoms with van der Waals surface area (Å²) in [5.41, 5.74) is 2.61. The fourth-order valence-corrected chi connectivity index (χ4v) is 1.89. The Morgan fingerprint density at radius 1 is 1.30 bits per heavy atom. The van der Waals surface area contributed by atoms with Crippen molar-refractivity contribution in [2.24, 2.45) is 0 Å². The van der Waals surface area contributed by atoms with E-state index in [1.54, 1.807) is 17.1 Å². The number of benzene rings is 1. The minimum atomic E-state index is -0.100. The number of nitrogens with one attached hydrogen (secondary N) is 1. The Balaban J connectivity index is 1.81. The Morgan fingerprint density at radius 2 is 2.00 bits per heavy atom. The summed E-state index contributed by atoms with van der Waals surface area (Å²) in [4.78, 5) is 11.9. The van der Waals surface area contributed by atoms with Crippen LogP contribution in [0.2, 0.25) is 0 Å². The Kier molecular flexibility index (Phi) is 4.90. The summed E-state index contributed by atoms with van der Waals surface area (Å²) < 4.78 is 1.72. The molecule has 0 radical (unpaired) electrons. The van der Waals surface area contributed by atoms with E-state index in [2.05, 4.69) is 10.4 Å². The molecule has 0 aliphatic carbocycles. The second-order valence-corrected chi connectivity index (χ2v) is 4.57. The van der Waals surface area contributed by atoms with Gasteiger partial charge in [0.2, 0.25) is 0 Å². The summed E-state index contributed by atoms with van der Waals surface area (Å²) >= 11 is 0. The standard InChI is InChI=1S/C15H19N3O2/c1-2-18-10-14(9-17-18)15(20)16-8-7-12-3-5-13(11-19)6-4-12/h3-6,9-10,19H,2,7-8,11H2,1H3,(H,16,20). The Labute approximate surface area is 118 Å². The van der Waals surface area contributed by atoms with Gasteiger partial charge in [0.1, 0.15) is 0 Å². The van der Waals surface area contributed by atoms with Crippen LogP contribution >= 0.6 is 0 Å². The summed E-state index contributed by atoms with van der Waals surface area (Å²) in [6.45, 7) is 3.36. The molecule has 0 aliphatic heterocycles. The molecule has 0 aliphatic rings. The lowest BCUT2D eigenvalue weighted by atomic mass is 10.1. The van der Waals surface area contributed by atoms with Gasteiger partial charge in [0.05, 0.1) is 18.4 Å². The first kappa shape index (κ1) is 14.3. The lowest BCUT2D eigenvalue weighted by molar-refractivity contribution is 0.0954. The zero-order valence-corrected chi connectivity index (χ0v) is 11.5. The number of aliphatic hydroxyl groups is 1. The number of aliphatic hydroxyl groups excluding tert-OH is 1. The Hall–Kier alpha value is -2.14. The third kappa shape index (κ3) is 3.68. The van der Waals surface area contributed by atoms with Crippen LogP contribution in [-0.4, -0.2) is 27.3 Å². The summed E-state index contributed by atoms with van der Waals surface area (Å²) in [6.07, 6.45) is 4.08. The largest absolute Gasteiger partial charge is 0.392 e. The van der Waals surface area contributed by atoms with Gasteiger partial charge in [-0.3, -0.25) is 9.48 Å². The fourth-order valence-electron chi connectivity index (χ4n) is 1.89. The first-order chi connectivity index (χ1) is 9.72. The smallest absolute Gasteiger partial charge is 0.254 e. The maximum atomic E-state index is 11.9. The van der Waals surface area contributed by atoms with Crippen LogP contribution in [0.4, 0.5) is 0 Å². The number of hydrogen-bond donors (Lipinski definition) is 2. The van der Waals surface area contributed by atoms with E-state index < -0.39 is 0 Å². The molecule has 1 aromatic carbocycles. The van der Waals surface area contributed by atoms with Crippen molar-refractivity contribution < 1.29 is 9.90 Å². The molecule has 5 nitrogen and oxygen atoms in total. The van der Waals surface area contributed by atoms with E-state index in [4.69, 9.17) is 5.11 Å². The van der Waals surface area contributed by atoms with Gasteiger partial charge in [0.25, 0.3) is 5.91 Å². The lowest BCUT2D eigenvalue weighted by Gasteiger charge is -2.04. The van der Waals surface area contributed by atoms with E-state index in [0.717, 1.165) is 24.1 Å². The number of rotatable bonds is 6. The molecule has 20 heavy (non-hydrogen) atoms. The molecule has 2 N–H and O–H groups in total. The summed E-state index contributed by atoms with van der Waals surface area (Å²) in [6, 6.07) is 7.71. The second-order valence-electron chi connectivity index (χ2n) is 4.57. The Bertz CT molecular complexity index is 561. The number of aromatic nitrogens is 2. The predicted molar refractivity (Wildman–Crippen MR) is 76.3 cm³/mol. The van der Waals surface area contributed by atoms with E-state index >= 15 is 0 Å². The number of aryl methyl sites for hydroxylation is 1. The predicted octanol–water partition coefficient (Wildman–Crippen LogP) is 1.37. The molecule has 0 unspecified atom stereocenters. The number of nitrogens with zero attached hydrogens (tertiary/aromatic N) is 2. The van der Waals surface area contributed by atoms with Gasteiger partial charge >= 0.3 is 0 Å². The zero-order valence-electron chi connectivity index (χ0n) is 11.5. The van der Waals surface area contributed by atoms with Gasteiger partial charge in [-0.15, -0.1) is 0 Å². The van der Waals surface area contributed by atoms with Crippen LogP contribution in [0.3, 0.4) is 0 Å². The van der Waals surface area contributed by atoms with Crippen molar-refractivity contribution in [3.05, 3.63) is 53.3 Å². The zero-order chi connectivity index (χ0) is 14.4. The lowest BCUT2D eigenvalue weighted by Crippen LogP contribution is -2.25. The highest BCUT2D eigenvalue weighted by atomic mass is 16.3. The van der Waals surface area contributed by atoms with E-state index in [1.165, 1.54) is 0 Å². The summed E-state index contributed by atoms with van der Waals surface area (Å²) in [5.74, 6) is -0.100. The van der Waals surface area contributed by atoms with Gasteiger partial charge in [-0.25, -0.2) is 0 Å². The molecule has 2 aromatic rings. The molecule has 1 amide bonds. The maximum Gasteiger partial charge on any atom is 0.254 e. The molecule has 0 saturated carbocycles. The molecule has 0 spiro atoms. The molecule has 5 heteroatoms. The van der Waals surface area contributed by atoms with Crippen LogP contribution in [-0.2, 0) is 19.6 Å². The van der Waals surface area contributed by atoms with E-state index in [9.17, 15) is 4.79 Å². The molecule has 0 fully saturated rings. The molecule has 106 valence electrons. The normalized spacial score (nSPS) is 10.5. The first-order valence-corrected chi connectivity index (χ1v) is 6.72. The van der Waals surface area contributed by atoms with Crippen molar-refractivity contribution in [3.63, 3.8) is 0 Å². The molecular weight excluding hydrogens is 254 g/mol. The van der Waals surface area contributed by atoms with E-state index in [0.29, 0.717) is 12.1 Å². The van der Waals surface area contributed by atoms with Crippen molar-refractivity contribution in [2.75, 3.05) is 6.54 Å². The van der Waals surface area contributed by atoms with Crippen molar-refractivity contribution in [1.82, 2.24) is 15.1 Å². The van der Waals surface area contributed by atoms with Crippen LogP contribution in [0, 0.1) is 0 Å². The molecular formula is C15H19N3O2. The van der Waals surface area contributed by atoms with Crippen LogP contribution in [0.1, 0.15) is 28.4 Å². The van der Waals surface area contributed by atoms with Crippen molar-refractivity contribution in [3.8, 4) is 0 Å². The number of carbonyl (C=O) groups excluding carboxylic acids is 1. The molecule has 0 saturated heterocycles. The summed E-state index contributed by atoms with van der Waals surface area (Å²) in [7, 11) is 0. The third-order valence-corrected chi connectivity index (χ3v) is 3.12. The van der Waals surface area contributed by atoms with Gasteiger partial charge < -0.3 is 10.4 Å². The van der Waals surface area contributed by atoms with Gasteiger partial charge in [-0.2, -0.15) is 5.10 Å². The van der Waals surface area contributed by atoms with E-state index in [1.807, 2.05) is 31.2 Å². The van der Waals surface area contributed by atoms with Crippen molar-refractivity contribution in [1.29, 1.82) is 0 Å². The fraction of sp³-hybridized carbons (Fsp3) is 0.333. The molecule has 1 heterocycles. The van der Waals surface area contributed by atoms with Crippen LogP contribution < -0.4 is 5.32 Å². The third-order valence-electron chi connectivity index (χ3n) is 3.12.